The van der Waals surface area contributed by atoms with Gasteiger partial charge in [-0.1, -0.05) is 36.4 Å². The molecule has 42 heavy (non-hydrogen) atoms. The number of nitrogens with one attached hydrogen (secondary N) is 1. The van der Waals surface area contributed by atoms with Gasteiger partial charge in [0.2, 0.25) is 10.3 Å². The molecule has 1 saturated carbocycles. The van der Waals surface area contributed by atoms with E-state index in [0.717, 1.165) is 24.2 Å². The Morgan fingerprint density at radius 2 is 1.93 bits per heavy atom. The average molecular weight is 623 g/mol. The molecule has 6 rings (SSSR count). The maximum absolute atomic E-state index is 13.5. The molecule has 3 atom stereocenters. The van der Waals surface area contributed by atoms with Crippen LogP contribution in [0, 0.1) is 30.1 Å². The van der Waals surface area contributed by atoms with Crippen molar-refractivity contribution in [2.24, 2.45) is 11.8 Å². The third kappa shape index (κ3) is 5.10. The van der Waals surface area contributed by atoms with Crippen molar-refractivity contribution in [3.8, 4) is 6.07 Å². The molecule has 3 aromatic heterocycles. The Hall–Kier alpha value is -3.67. The number of hydrogen-bond acceptors (Lipinski definition) is 10. The van der Waals surface area contributed by atoms with Crippen molar-refractivity contribution in [3.05, 3.63) is 53.9 Å². The van der Waals surface area contributed by atoms with Crippen LogP contribution in [0.25, 0.3) is 11.0 Å². The highest BCUT2D eigenvalue weighted by Crippen LogP contribution is 2.43. The standard InChI is InChI=1S/C28H30N8O3S3/c1-4-40-27-31-26(41-33-27)32-28(37)35-15-18-11-21(12-19(18)16-35)34(3)24-20(13-29)14-30-25-23(24)9-10-36(25)42(38,39)22-7-5-17(2)6-8-22/h5-10,14,18-19,21H,4,11-12,15-16H2,1-3H3,(H,31,32,33,37)/t18-,19+,21+. The van der Waals surface area contributed by atoms with Gasteiger partial charge in [0.15, 0.2) is 5.65 Å². The number of likely N-dealkylation sites (tertiary alicyclic amines) is 1. The van der Waals surface area contributed by atoms with Gasteiger partial charge in [0.05, 0.1) is 16.1 Å². The van der Waals surface area contributed by atoms with Gasteiger partial charge in [0, 0.05) is 55.5 Å². The topological polar surface area (TPSA) is 137 Å². The molecule has 0 bridgehead atoms. The summed E-state index contributed by atoms with van der Waals surface area (Å²) in [5.41, 5.74) is 2.33. The van der Waals surface area contributed by atoms with E-state index < -0.39 is 10.0 Å². The lowest BCUT2D eigenvalue weighted by Gasteiger charge is -2.29. The lowest BCUT2D eigenvalue weighted by Crippen LogP contribution is -2.36. The van der Waals surface area contributed by atoms with E-state index in [1.165, 1.54) is 39.7 Å². The summed E-state index contributed by atoms with van der Waals surface area (Å²) in [7, 11) is -1.91. The Morgan fingerprint density at radius 1 is 1.21 bits per heavy atom. The fourth-order valence-corrected chi connectivity index (χ4v) is 8.64. The molecule has 1 aliphatic carbocycles. The Labute approximate surface area is 252 Å². The maximum atomic E-state index is 13.5. The van der Waals surface area contributed by atoms with E-state index in [1.807, 2.05) is 25.8 Å². The number of aromatic nitrogens is 4. The second kappa shape index (κ2) is 11.2. The molecule has 11 nitrogen and oxygen atoms in total. The number of aryl methyl sites for hydroxylation is 1. The molecule has 218 valence electrons. The molecule has 2 amide bonds. The summed E-state index contributed by atoms with van der Waals surface area (Å²) in [4.78, 5) is 25.8. The molecular formula is C28H30N8O3S3. The SMILES string of the molecule is CCSc1nsc(NC(=O)N2C[C@H]3C[C@H](N(C)c4c(C#N)cnc5c4ccn5S(=O)(=O)c4ccc(C)cc4)C[C@H]3C2)n1. The van der Waals surface area contributed by atoms with Gasteiger partial charge in [0.1, 0.15) is 6.07 Å². The second-order valence-electron chi connectivity index (χ2n) is 10.7. The van der Waals surface area contributed by atoms with Crippen LogP contribution in [0.4, 0.5) is 15.6 Å². The first-order valence-corrected chi connectivity index (χ1v) is 16.9. The first-order chi connectivity index (χ1) is 20.2. The molecule has 0 radical (unpaired) electrons. The summed E-state index contributed by atoms with van der Waals surface area (Å²) in [6, 6.07) is 10.7. The number of carbonyl (C=O) groups is 1. The van der Waals surface area contributed by atoms with Crippen molar-refractivity contribution in [2.45, 2.75) is 42.8 Å². The Kier molecular flexibility index (Phi) is 7.59. The monoisotopic (exact) mass is 622 g/mol. The van der Waals surface area contributed by atoms with Crippen LogP contribution in [-0.2, 0) is 10.0 Å². The third-order valence-corrected chi connectivity index (χ3v) is 11.3. The van der Waals surface area contributed by atoms with E-state index in [2.05, 4.69) is 30.6 Å². The Balaban J connectivity index is 1.19. The number of fused-ring (bicyclic) bond motifs is 2. The summed E-state index contributed by atoms with van der Waals surface area (Å²) in [6.07, 6.45) is 4.68. The van der Waals surface area contributed by atoms with Gasteiger partial charge >= 0.3 is 6.03 Å². The van der Waals surface area contributed by atoms with E-state index in [-0.39, 0.29) is 22.6 Å². The lowest BCUT2D eigenvalue weighted by molar-refractivity contribution is 0.218. The molecule has 4 aromatic rings. The second-order valence-corrected chi connectivity index (χ2v) is 14.5. The zero-order valence-corrected chi connectivity index (χ0v) is 25.8. The quantitative estimate of drug-likeness (QED) is 0.288. The fourth-order valence-electron chi connectivity index (χ4n) is 6.08. The Morgan fingerprint density at radius 3 is 2.60 bits per heavy atom. The number of thioether (sulfide) groups is 1. The fraction of sp³-hybridized carbons (Fsp3) is 0.393. The summed E-state index contributed by atoms with van der Waals surface area (Å²) in [5, 5.41) is 14.6. The van der Waals surface area contributed by atoms with Crippen LogP contribution in [0.5, 0.6) is 0 Å². The lowest BCUT2D eigenvalue weighted by atomic mass is 10.0. The van der Waals surface area contributed by atoms with Crippen molar-refractivity contribution in [2.75, 3.05) is 36.1 Å². The molecule has 2 fully saturated rings. The van der Waals surface area contributed by atoms with Crippen LogP contribution < -0.4 is 10.2 Å². The summed E-state index contributed by atoms with van der Waals surface area (Å²) < 4.78 is 32.4. The van der Waals surface area contributed by atoms with Crippen LogP contribution in [0.15, 0.2) is 52.8 Å². The van der Waals surface area contributed by atoms with Crippen molar-refractivity contribution in [1.82, 2.24) is 23.2 Å². The van der Waals surface area contributed by atoms with E-state index in [0.29, 0.717) is 51.9 Å². The number of carbonyl (C=O) groups excluding carboxylic acids is 1. The molecular weight excluding hydrogens is 593 g/mol. The predicted molar refractivity (Wildman–Crippen MR) is 164 cm³/mol. The van der Waals surface area contributed by atoms with E-state index >= 15 is 0 Å². The predicted octanol–water partition coefficient (Wildman–Crippen LogP) is 4.80. The number of anilines is 2. The first-order valence-electron chi connectivity index (χ1n) is 13.7. The molecule has 1 N–H and O–H groups in total. The number of amides is 2. The van der Waals surface area contributed by atoms with Crippen molar-refractivity contribution in [1.29, 1.82) is 5.26 Å². The Bertz CT molecular complexity index is 1780. The van der Waals surface area contributed by atoms with E-state index in [1.54, 1.807) is 30.3 Å². The zero-order chi connectivity index (χ0) is 29.6. The molecule has 1 saturated heterocycles. The van der Waals surface area contributed by atoms with Crippen molar-refractivity contribution >= 4 is 61.2 Å². The van der Waals surface area contributed by atoms with Gasteiger partial charge < -0.3 is 9.80 Å². The number of benzene rings is 1. The van der Waals surface area contributed by atoms with Crippen LogP contribution in [0.3, 0.4) is 0 Å². The maximum Gasteiger partial charge on any atom is 0.323 e. The van der Waals surface area contributed by atoms with Crippen molar-refractivity contribution in [3.63, 3.8) is 0 Å². The highest BCUT2D eigenvalue weighted by Gasteiger charge is 2.44. The molecule has 2 aliphatic rings. The average Bonchev–Trinajstić information content (AvgIpc) is 3.76. The van der Waals surface area contributed by atoms with Gasteiger partial charge in [-0.05, 0) is 55.6 Å². The summed E-state index contributed by atoms with van der Waals surface area (Å²) in [5.74, 6) is 1.53. The number of urea groups is 1. The molecule has 4 heterocycles. The number of nitriles is 1. The highest BCUT2D eigenvalue weighted by molar-refractivity contribution is 7.99. The van der Waals surface area contributed by atoms with Gasteiger partial charge in [-0.2, -0.15) is 14.6 Å². The molecule has 1 aliphatic heterocycles. The van der Waals surface area contributed by atoms with Gasteiger partial charge in [-0.25, -0.2) is 22.2 Å². The minimum Gasteiger partial charge on any atom is -0.370 e. The zero-order valence-electron chi connectivity index (χ0n) is 23.4. The first kappa shape index (κ1) is 28.4. The van der Waals surface area contributed by atoms with Gasteiger partial charge in [-0.3, -0.25) is 5.32 Å². The van der Waals surface area contributed by atoms with E-state index in [9.17, 15) is 18.5 Å². The van der Waals surface area contributed by atoms with Crippen molar-refractivity contribution < 1.29 is 13.2 Å². The number of hydrogen-bond donors (Lipinski definition) is 1. The van der Waals surface area contributed by atoms with Gasteiger partial charge in [-0.15, -0.1) is 0 Å². The number of rotatable bonds is 7. The number of pyridine rings is 1. The largest absolute Gasteiger partial charge is 0.370 e. The van der Waals surface area contributed by atoms with Crippen LogP contribution in [0.2, 0.25) is 0 Å². The summed E-state index contributed by atoms with van der Waals surface area (Å²) in [6.45, 7) is 5.24. The summed E-state index contributed by atoms with van der Waals surface area (Å²) >= 11 is 2.73. The normalized spacial score (nSPS) is 20.0. The minimum absolute atomic E-state index is 0.136. The molecule has 1 aromatic carbocycles. The van der Waals surface area contributed by atoms with Crippen LogP contribution in [0.1, 0.15) is 30.9 Å². The molecule has 0 spiro atoms. The van der Waals surface area contributed by atoms with E-state index in [4.69, 9.17) is 0 Å². The molecule has 14 heteroatoms. The highest BCUT2D eigenvalue weighted by atomic mass is 32.2. The third-order valence-electron chi connectivity index (χ3n) is 8.16. The number of nitrogens with zero attached hydrogens (tertiary/aromatic N) is 7. The van der Waals surface area contributed by atoms with Gasteiger partial charge in [0.25, 0.3) is 10.0 Å². The smallest absolute Gasteiger partial charge is 0.323 e. The van der Waals surface area contributed by atoms with Crippen LogP contribution >= 0.6 is 23.3 Å². The van der Waals surface area contributed by atoms with Crippen LogP contribution in [-0.4, -0.2) is 69.6 Å². The molecule has 0 unspecified atom stereocenters. The minimum atomic E-state index is -3.87.